The standard InChI is InChI=1S/C15H26F3NO3S/c1-2-22-13-9-11(10-13)7-8-19-23(20,21)14-5-3-12(4-6-14)15(16,17)18/h11-14,19H,2-10H2,1H3. The van der Waals surface area contributed by atoms with Crippen molar-refractivity contribution in [1.82, 2.24) is 4.72 Å². The molecule has 8 heteroatoms. The molecule has 4 nitrogen and oxygen atoms in total. The molecule has 23 heavy (non-hydrogen) atoms. The third-order valence-electron chi connectivity index (χ3n) is 5.03. The summed E-state index contributed by atoms with van der Waals surface area (Å²) in [6.45, 7) is 3.02. The predicted octanol–water partition coefficient (Wildman–Crippen LogP) is 3.23. The van der Waals surface area contributed by atoms with E-state index < -0.39 is 27.4 Å². The third kappa shape index (κ3) is 5.32. The van der Waals surface area contributed by atoms with Crippen LogP contribution in [-0.4, -0.2) is 39.1 Å². The summed E-state index contributed by atoms with van der Waals surface area (Å²) in [5.74, 6) is -0.866. The van der Waals surface area contributed by atoms with E-state index in [9.17, 15) is 21.6 Å². The largest absolute Gasteiger partial charge is 0.391 e. The molecular weight excluding hydrogens is 331 g/mol. The molecule has 0 saturated heterocycles. The molecule has 2 aliphatic carbocycles. The normalized spacial score (nSPS) is 32.5. The Kier molecular flexibility index (Phi) is 6.35. The van der Waals surface area contributed by atoms with E-state index in [1.807, 2.05) is 6.92 Å². The highest BCUT2D eigenvalue weighted by molar-refractivity contribution is 7.90. The lowest BCUT2D eigenvalue weighted by Crippen LogP contribution is -2.40. The van der Waals surface area contributed by atoms with Gasteiger partial charge in [-0.2, -0.15) is 13.2 Å². The zero-order valence-corrected chi connectivity index (χ0v) is 14.3. The Bertz CT molecular complexity index is 467. The summed E-state index contributed by atoms with van der Waals surface area (Å²) in [7, 11) is -3.50. The monoisotopic (exact) mass is 357 g/mol. The molecule has 136 valence electrons. The van der Waals surface area contributed by atoms with E-state index in [-0.39, 0.29) is 25.7 Å². The first-order valence-corrected chi connectivity index (χ1v) is 9.93. The predicted molar refractivity (Wildman–Crippen MR) is 81.5 cm³/mol. The Morgan fingerprint density at radius 3 is 2.26 bits per heavy atom. The minimum atomic E-state index is -4.20. The summed E-state index contributed by atoms with van der Waals surface area (Å²) < 4.78 is 70.2. The number of sulfonamides is 1. The SMILES string of the molecule is CCOC1CC(CCNS(=O)(=O)C2CCC(C(F)(F)F)CC2)C1. The van der Waals surface area contributed by atoms with E-state index in [0.29, 0.717) is 25.2 Å². The number of hydrogen-bond acceptors (Lipinski definition) is 3. The maximum atomic E-state index is 12.6. The molecule has 0 spiro atoms. The van der Waals surface area contributed by atoms with E-state index in [0.717, 1.165) is 19.3 Å². The lowest BCUT2D eigenvalue weighted by Gasteiger charge is -2.35. The van der Waals surface area contributed by atoms with Crippen LogP contribution in [0, 0.1) is 11.8 Å². The van der Waals surface area contributed by atoms with Crippen LogP contribution in [0.2, 0.25) is 0 Å². The van der Waals surface area contributed by atoms with Crippen molar-refractivity contribution in [2.24, 2.45) is 11.8 Å². The number of ether oxygens (including phenoxy) is 1. The van der Waals surface area contributed by atoms with Crippen LogP contribution in [0.5, 0.6) is 0 Å². The third-order valence-corrected chi connectivity index (χ3v) is 6.98. The summed E-state index contributed by atoms with van der Waals surface area (Å²) in [5, 5.41) is -0.682. The Morgan fingerprint density at radius 2 is 1.74 bits per heavy atom. The fourth-order valence-corrected chi connectivity index (χ4v) is 5.04. The van der Waals surface area contributed by atoms with Crippen LogP contribution in [0.3, 0.4) is 0 Å². The van der Waals surface area contributed by atoms with Gasteiger partial charge < -0.3 is 4.74 Å². The van der Waals surface area contributed by atoms with Gasteiger partial charge in [0.05, 0.1) is 17.3 Å². The van der Waals surface area contributed by atoms with Crippen LogP contribution in [0.25, 0.3) is 0 Å². The molecule has 0 radical (unpaired) electrons. The smallest absolute Gasteiger partial charge is 0.378 e. The van der Waals surface area contributed by atoms with Gasteiger partial charge in [0.2, 0.25) is 10.0 Å². The van der Waals surface area contributed by atoms with Crippen molar-refractivity contribution in [3.05, 3.63) is 0 Å². The minimum absolute atomic E-state index is 0.0895. The maximum absolute atomic E-state index is 12.6. The highest BCUT2D eigenvalue weighted by Crippen LogP contribution is 2.39. The van der Waals surface area contributed by atoms with E-state index in [1.165, 1.54) is 0 Å². The first-order chi connectivity index (χ1) is 10.7. The Balaban J connectivity index is 1.67. The molecule has 0 atom stereocenters. The highest BCUT2D eigenvalue weighted by Gasteiger charge is 2.43. The van der Waals surface area contributed by atoms with Crippen molar-refractivity contribution in [3.8, 4) is 0 Å². The first-order valence-electron chi connectivity index (χ1n) is 8.39. The van der Waals surface area contributed by atoms with Gasteiger partial charge in [-0.15, -0.1) is 0 Å². The van der Waals surface area contributed by atoms with Crippen molar-refractivity contribution >= 4 is 10.0 Å². The van der Waals surface area contributed by atoms with Gasteiger partial charge in [0.25, 0.3) is 0 Å². The molecule has 2 fully saturated rings. The molecule has 0 aromatic rings. The van der Waals surface area contributed by atoms with Crippen LogP contribution in [0.4, 0.5) is 13.2 Å². The molecule has 0 bridgehead atoms. The van der Waals surface area contributed by atoms with Gasteiger partial charge in [0.15, 0.2) is 0 Å². The van der Waals surface area contributed by atoms with Crippen molar-refractivity contribution in [2.45, 2.75) is 69.4 Å². The van der Waals surface area contributed by atoms with Gasteiger partial charge >= 0.3 is 6.18 Å². The van der Waals surface area contributed by atoms with Crippen molar-refractivity contribution in [1.29, 1.82) is 0 Å². The average Bonchev–Trinajstić information content (AvgIpc) is 2.43. The summed E-state index contributed by atoms with van der Waals surface area (Å²) in [6.07, 6.45) is -1.20. The summed E-state index contributed by atoms with van der Waals surface area (Å²) >= 11 is 0. The average molecular weight is 357 g/mol. The molecule has 0 aromatic heterocycles. The second-order valence-electron chi connectivity index (χ2n) is 6.66. The fraction of sp³-hybridized carbons (Fsp3) is 1.00. The highest BCUT2D eigenvalue weighted by atomic mass is 32.2. The van der Waals surface area contributed by atoms with Gasteiger partial charge in [0, 0.05) is 13.2 Å². The number of nitrogens with one attached hydrogen (secondary N) is 1. The van der Waals surface area contributed by atoms with Crippen molar-refractivity contribution in [3.63, 3.8) is 0 Å². The molecular formula is C15H26F3NO3S. The maximum Gasteiger partial charge on any atom is 0.391 e. The molecule has 0 aliphatic heterocycles. The summed E-state index contributed by atoms with van der Waals surface area (Å²) in [6, 6.07) is 0. The molecule has 0 amide bonds. The molecule has 0 aromatic carbocycles. The van der Waals surface area contributed by atoms with E-state index in [4.69, 9.17) is 4.74 Å². The van der Waals surface area contributed by atoms with Crippen LogP contribution in [-0.2, 0) is 14.8 Å². The second kappa shape index (κ2) is 7.70. The molecule has 1 N–H and O–H groups in total. The van der Waals surface area contributed by atoms with Gasteiger partial charge in [-0.3, -0.25) is 0 Å². The Hall–Kier alpha value is -0.340. The molecule has 2 rings (SSSR count). The number of alkyl halides is 3. The first kappa shape index (κ1) is 19.0. The van der Waals surface area contributed by atoms with Gasteiger partial charge in [0.1, 0.15) is 0 Å². The van der Waals surface area contributed by atoms with E-state index in [2.05, 4.69) is 4.72 Å². The van der Waals surface area contributed by atoms with Crippen molar-refractivity contribution in [2.75, 3.05) is 13.2 Å². The van der Waals surface area contributed by atoms with Crippen LogP contribution >= 0.6 is 0 Å². The van der Waals surface area contributed by atoms with Crippen LogP contribution < -0.4 is 4.72 Å². The lowest BCUT2D eigenvalue weighted by atomic mass is 9.80. The van der Waals surface area contributed by atoms with E-state index >= 15 is 0 Å². The van der Waals surface area contributed by atoms with Crippen molar-refractivity contribution < 1.29 is 26.3 Å². The van der Waals surface area contributed by atoms with Gasteiger partial charge in [-0.05, 0) is 57.8 Å². The number of hydrogen-bond donors (Lipinski definition) is 1. The topological polar surface area (TPSA) is 55.4 Å². The summed E-state index contributed by atoms with van der Waals surface area (Å²) in [4.78, 5) is 0. The Morgan fingerprint density at radius 1 is 1.13 bits per heavy atom. The molecule has 0 unspecified atom stereocenters. The second-order valence-corrected chi connectivity index (χ2v) is 8.70. The minimum Gasteiger partial charge on any atom is -0.378 e. The van der Waals surface area contributed by atoms with Gasteiger partial charge in [-0.25, -0.2) is 13.1 Å². The zero-order chi connectivity index (χ0) is 17.1. The van der Waals surface area contributed by atoms with Crippen LogP contribution in [0.15, 0.2) is 0 Å². The molecule has 0 heterocycles. The lowest BCUT2D eigenvalue weighted by molar-refractivity contribution is -0.181. The number of rotatable bonds is 7. The number of halogens is 3. The Labute approximate surface area is 136 Å². The molecule has 2 aliphatic rings. The van der Waals surface area contributed by atoms with E-state index in [1.54, 1.807) is 0 Å². The molecule has 2 saturated carbocycles. The summed E-state index contributed by atoms with van der Waals surface area (Å²) in [5.41, 5.74) is 0. The quantitative estimate of drug-likeness (QED) is 0.761. The fourth-order valence-electron chi connectivity index (χ4n) is 3.51. The van der Waals surface area contributed by atoms with Crippen LogP contribution in [0.1, 0.15) is 51.9 Å². The van der Waals surface area contributed by atoms with Gasteiger partial charge in [-0.1, -0.05) is 0 Å². The zero-order valence-electron chi connectivity index (χ0n) is 13.4.